The van der Waals surface area contributed by atoms with Gasteiger partial charge in [-0.25, -0.2) is 0 Å². The third kappa shape index (κ3) is 3.60. The van der Waals surface area contributed by atoms with Crippen LogP contribution >= 0.6 is 23.5 Å². The summed E-state index contributed by atoms with van der Waals surface area (Å²) < 4.78 is 0. The number of thioether (sulfide) groups is 2. The molecule has 2 aromatic rings. The lowest BCUT2D eigenvalue weighted by Gasteiger charge is -1.96. The smallest absolute Gasteiger partial charge is 0.0260 e. The fraction of sp³-hybridized carbons (Fsp3) is 0.125. The van der Waals surface area contributed by atoms with Gasteiger partial charge in [0.2, 0.25) is 0 Å². The zero-order valence-corrected chi connectivity index (χ0v) is 12.1. The van der Waals surface area contributed by atoms with Crippen molar-refractivity contribution in [3.8, 4) is 11.8 Å². The molecule has 0 atom stereocenters. The summed E-state index contributed by atoms with van der Waals surface area (Å²) in [5.41, 5.74) is 2.12. The maximum Gasteiger partial charge on any atom is 0.0260 e. The van der Waals surface area contributed by atoms with Crippen LogP contribution in [0.2, 0.25) is 0 Å². The molecule has 0 amide bonds. The average Bonchev–Trinajstić information content (AvgIpc) is 2.46. The lowest BCUT2D eigenvalue weighted by atomic mass is 10.2. The molecule has 0 saturated carbocycles. The van der Waals surface area contributed by atoms with Crippen molar-refractivity contribution in [1.82, 2.24) is 0 Å². The maximum atomic E-state index is 3.20. The summed E-state index contributed by atoms with van der Waals surface area (Å²) in [6.07, 6.45) is 4.16. The van der Waals surface area contributed by atoms with E-state index in [1.807, 2.05) is 12.1 Å². The van der Waals surface area contributed by atoms with Gasteiger partial charge in [-0.05, 0) is 55.0 Å². The van der Waals surface area contributed by atoms with Crippen LogP contribution in [0.4, 0.5) is 0 Å². The van der Waals surface area contributed by atoms with E-state index in [-0.39, 0.29) is 0 Å². The van der Waals surface area contributed by atoms with E-state index in [1.54, 1.807) is 23.5 Å². The first-order valence-electron chi connectivity index (χ1n) is 5.62. The molecule has 0 aliphatic rings. The molecule has 0 aliphatic heterocycles. The molecule has 0 radical (unpaired) electrons. The standard InChI is InChI=1S/C16H14S2/c1-17-15-10-8-13(9-11-15)6-7-14-4-3-5-16(12-14)18-2/h3-5,8-12H,1-2H3. The van der Waals surface area contributed by atoms with Gasteiger partial charge in [0, 0.05) is 20.9 Å². The zero-order chi connectivity index (χ0) is 12.8. The summed E-state index contributed by atoms with van der Waals surface area (Å²) >= 11 is 3.48. The highest BCUT2D eigenvalue weighted by Crippen LogP contribution is 2.16. The predicted octanol–water partition coefficient (Wildman–Crippen LogP) is 4.53. The molecule has 0 nitrogen and oxygen atoms in total. The Kier molecular flexibility index (Phi) is 4.81. The van der Waals surface area contributed by atoms with Crippen molar-refractivity contribution in [3.63, 3.8) is 0 Å². The Hall–Kier alpha value is -1.30. The van der Waals surface area contributed by atoms with Crippen molar-refractivity contribution in [3.05, 3.63) is 59.7 Å². The zero-order valence-electron chi connectivity index (χ0n) is 10.4. The lowest BCUT2D eigenvalue weighted by molar-refractivity contribution is 1.44. The first kappa shape index (κ1) is 13.1. The maximum absolute atomic E-state index is 3.20. The van der Waals surface area contributed by atoms with E-state index in [9.17, 15) is 0 Å². The van der Waals surface area contributed by atoms with E-state index in [1.165, 1.54) is 9.79 Å². The Balaban J connectivity index is 2.19. The van der Waals surface area contributed by atoms with Gasteiger partial charge in [-0.1, -0.05) is 17.9 Å². The monoisotopic (exact) mass is 270 g/mol. The molecular formula is C16H14S2. The molecule has 0 saturated heterocycles. The van der Waals surface area contributed by atoms with Crippen LogP contribution in [0, 0.1) is 11.8 Å². The Labute approximate surface area is 117 Å². The van der Waals surface area contributed by atoms with Gasteiger partial charge >= 0.3 is 0 Å². The molecule has 2 aromatic carbocycles. The van der Waals surface area contributed by atoms with E-state index in [2.05, 4.69) is 60.8 Å². The van der Waals surface area contributed by atoms with Crippen LogP contribution in [-0.2, 0) is 0 Å². The summed E-state index contributed by atoms with van der Waals surface area (Å²) in [4.78, 5) is 2.52. The van der Waals surface area contributed by atoms with Crippen LogP contribution in [0.25, 0.3) is 0 Å². The van der Waals surface area contributed by atoms with Crippen LogP contribution in [0.3, 0.4) is 0 Å². The van der Waals surface area contributed by atoms with Gasteiger partial charge < -0.3 is 0 Å². The Bertz CT molecular complexity index is 574. The van der Waals surface area contributed by atoms with Crippen molar-refractivity contribution < 1.29 is 0 Å². The summed E-state index contributed by atoms with van der Waals surface area (Å²) in [6.45, 7) is 0. The Morgan fingerprint density at radius 1 is 0.722 bits per heavy atom. The Morgan fingerprint density at radius 2 is 1.39 bits per heavy atom. The van der Waals surface area contributed by atoms with Crippen LogP contribution in [0.5, 0.6) is 0 Å². The molecule has 0 fully saturated rings. The average molecular weight is 270 g/mol. The van der Waals surface area contributed by atoms with Crippen molar-refractivity contribution in [2.75, 3.05) is 12.5 Å². The molecule has 0 heterocycles. The minimum absolute atomic E-state index is 1.06. The van der Waals surface area contributed by atoms with Gasteiger partial charge in [0.1, 0.15) is 0 Å². The van der Waals surface area contributed by atoms with Gasteiger partial charge in [-0.2, -0.15) is 0 Å². The largest absolute Gasteiger partial charge is 0.130 e. The van der Waals surface area contributed by atoms with Crippen molar-refractivity contribution in [2.45, 2.75) is 9.79 Å². The Morgan fingerprint density at radius 3 is 2.06 bits per heavy atom. The molecular weight excluding hydrogens is 256 g/mol. The van der Waals surface area contributed by atoms with Crippen molar-refractivity contribution >= 4 is 23.5 Å². The fourth-order valence-corrected chi connectivity index (χ4v) is 2.39. The van der Waals surface area contributed by atoms with E-state index in [0.29, 0.717) is 0 Å². The van der Waals surface area contributed by atoms with E-state index < -0.39 is 0 Å². The molecule has 0 N–H and O–H groups in total. The van der Waals surface area contributed by atoms with Crippen LogP contribution < -0.4 is 0 Å². The molecule has 90 valence electrons. The lowest BCUT2D eigenvalue weighted by Crippen LogP contribution is -1.77. The number of rotatable bonds is 2. The molecule has 0 aliphatic carbocycles. The second-order valence-corrected chi connectivity index (χ2v) is 5.47. The van der Waals surface area contributed by atoms with Crippen molar-refractivity contribution in [1.29, 1.82) is 0 Å². The second-order valence-electron chi connectivity index (χ2n) is 3.71. The molecule has 0 spiro atoms. The first-order valence-corrected chi connectivity index (χ1v) is 8.07. The molecule has 2 heteroatoms. The fourth-order valence-electron chi connectivity index (χ4n) is 1.52. The van der Waals surface area contributed by atoms with Crippen molar-refractivity contribution in [2.24, 2.45) is 0 Å². The van der Waals surface area contributed by atoms with Crippen LogP contribution in [0.1, 0.15) is 11.1 Å². The van der Waals surface area contributed by atoms with Crippen LogP contribution in [-0.4, -0.2) is 12.5 Å². The highest BCUT2D eigenvalue weighted by molar-refractivity contribution is 7.98. The van der Waals surface area contributed by atoms with Gasteiger partial charge in [0.25, 0.3) is 0 Å². The minimum Gasteiger partial charge on any atom is -0.130 e. The number of benzene rings is 2. The topological polar surface area (TPSA) is 0 Å². The number of hydrogen-bond donors (Lipinski definition) is 0. The van der Waals surface area contributed by atoms with Gasteiger partial charge in [0.15, 0.2) is 0 Å². The van der Waals surface area contributed by atoms with E-state index in [0.717, 1.165) is 11.1 Å². The minimum atomic E-state index is 1.06. The molecule has 0 bridgehead atoms. The highest BCUT2D eigenvalue weighted by atomic mass is 32.2. The first-order chi connectivity index (χ1) is 8.81. The third-order valence-corrected chi connectivity index (χ3v) is 3.98. The third-order valence-electron chi connectivity index (χ3n) is 2.51. The number of hydrogen-bond acceptors (Lipinski definition) is 2. The highest BCUT2D eigenvalue weighted by Gasteiger charge is 1.92. The second kappa shape index (κ2) is 6.58. The normalized spacial score (nSPS) is 9.67. The molecule has 18 heavy (non-hydrogen) atoms. The molecule has 0 aromatic heterocycles. The summed E-state index contributed by atoms with van der Waals surface area (Å²) in [6, 6.07) is 16.7. The predicted molar refractivity (Wildman–Crippen MR) is 82.4 cm³/mol. The SMILES string of the molecule is CSc1ccc(C#Cc2cccc(SC)c2)cc1. The van der Waals surface area contributed by atoms with Gasteiger partial charge in [-0.3, -0.25) is 0 Å². The summed E-state index contributed by atoms with van der Waals surface area (Å²) in [5.74, 6) is 6.40. The summed E-state index contributed by atoms with van der Waals surface area (Å²) in [7, 11) is 0. The van der Waals surface area contributed by atoms with Crippen LogP contribution in [0.15, 0.2) is 58.3 Å². The van der Waals surface area contributed by atoms with E-state index >= 15 is 0 Å². The van der Waals surface area contributed by atoms with Gasteiger partial charge in [-0.15, -0.1) is 23.5 Å². The molecule has 0 unspecified atom stereocenters. The quantitative estimate of drug-likeness (QED) is 0.581. The van der Waals surface area contributed by atoms with Gasteiger partial charge in [0.05, 0.1) is 0 Å². The summed E-state index contributed by atoms with van der Waals surface area (Å²) in [5, 5.41) is 0. The molecule has 2 rings (SSSR count). The van der Waals surface area contributed by atoms with E-state index in [4.69, 9.17) is 0 Å².